The first kappa shape index (κ1) is 18.5. The number of fused-ring (bicyclic) bond motifs is 1. The van der Waals surface area contributed by atoms with E-state index in [1.807, 2.05) is 74.9 Å². The summed E-state index contributed by atoms with van der Waals surface area (Å²) in [6.07, 6.45) is 0.521. The number of amides is 1. The number of nitrogens with one attached hydrogen (secondary N) is 1. The van der Waals surface area contributed by atoms with Crippen LogP contribution in [0.3, 0.4) is 0 Å². The minimum Gasteiger partial charge on any atom is -0.491 e. The van der Waals surface area contributed by atoms with Gasteiger partial charge in [0.25, 0.3) is 0 Å². The summed E-state index contributed by atoms with van der Waals surface area (Å²) in [6, 6.07) is 15.7. The van der Waals surface area contributed by atoms with E-state index in [4.69, 9.17) is 4.74 Å². The summed E-state index contributed by atoms with van der Waals surface area (Å²) < 4.78 is 7.81. The van der Waals surface area contributed by atoms with Gasteiger partial charge < -0.3 is 14.6 Å². The van der Waals surface area contributed by atoms with Crippen LogP contribution < -0.4 is 10.1 Å². The van der Waals surface area contributed by atoms with Gasteiger partial charge >= 0.3 is 0 Å². The largest absolute Gasteiger partial charge is 0.491 e. The number of carbonyl (C=O) groups is 1. The van der Waals surface area contributed by atoms with Gasteiger partial charge in [0.2, 0.25) is 5.91 Å². The molecule has 0 saturated heterocycles. The van der Waals surface area contributed by atoms with Crippen molar-refractivity contribution in [3.8, 4) is 23.1 Å². The van der Waals surface area contributed by atoms with Gasteiger partial charge in [0, 0.05) is 30.6 Å². The average Bonchev–Trinajstić information content (AvgIpc) is 2.93. The maximum absolute atomic E-state index is 11.5. The van der Waals surface area contributed by atoms with E-state index >= 15 is 0 Å². The topological polar surface area (TPSA) is 67.1 Å². The molecule has 1 aromatic heterocycles. The Bertz CT molecular complexity index is 1020. The van der Waals surface area contributed by atoms with Crippen molar-refractivity contribution in [2.45, 2.75) is 33.3 Å². The molecule has 0 aliphatic carbocycles. The van der Waals surface area contributed by atoms with E-state index in [-0.39, 0.29) is 12.0 Å². The predicted molar refractivity (Wildman–Crippen MR) is 108 cm³/mol. The fourth-order valence-corrected chi connectivity index (χ4v) is 3.17. The monoisotopic (exact) mass is 361 g/mol. The van der Waals surface area contributed by atoms with Gasteiger partial charge in [-0.05, 0) is 43.7 Å². The van der Waals surface area contributed by atoms with Crippen LogP contribution in [0.2, 0.25) is 0 Å². The summed E-state index contributed by atoms with van der Waals surface area (Å²) in [4.78, 5) is 11.5. The first-order chi connectivity index (χ1) is 12.9. The lowest BCUT2D eigenvalue weighted by Gasteiger charge is -2.10. The van der Waals surface area contributed by atoms with Gasteiger partial charge in [-0.15, -0.1) is 0 Å². The zero-order valence-corrected chi connectivity index (χ0v) is 16.0. The molecular formula is C22H23N3O2. The smallest absolute Gasteiger partial charge is 0.224 e. The minimum absolute atomic E-state index is 0.0252. The van der Waals surface area contributed by atoms with E-state index in [1.165, 1.54) is 0 Å². The Morgan fingerprint density at radius 2 is 1.93 bits per heavy atom. The van der Waals surface area contributed by atoms with Gasteiger partial charge in [-0.1, -0.05) is 19.1 Å². The van der Waals surface area contributed by atoms with Crippen molar-refractivity contribution >= 4 is 22.5 Å². The number of ether oxygens (including phenoxy) is 1. The first-order valence-corrected chi connectivity index (χ1v) is 9.04. The van der Waals surface area contributed by atoms with E-state index in [0.717, 1.165) is 33.6 Å². The second-order valence-electron chi connectivity index (χ2n) is 6.72. The van der Waals surface area contributed by atoms with Gasteiger partial charge in [0.1, 0.15) is 11.8 Å². The fourth-order valence-electron chi connectivity index (χ4n) is 3.17. The molecule has 0 spiro atoms. The fraction of sp³-hybridized carbons (Fsp3) is 0.273. The van der Waals surface area contributed by atoms with Crippen LogP contribution in [0.5, 0.6) is 5.75 Å². The molecule has 0 atom stereocenters. The van der Waals surface area contributed by atoms with Crippen LogP contribution in [-0.4, -0.2) is 16.6 Å². The predicted octanol–water partition coefficient (Wildman–Crippen LogP) is 4.85. The Hall–Kier alpha value is -3.26. The van der Waals surface area contributed by atoms with Crippen molar-refractivity contribution < 1.29 is 9.53 Å². The van der Waals surface area contributed by atoms with Crippen molar-refractivity contribution in [3.63, 3.8) is 0 Å². The maximum atomic E-state index is 11.5. The molecule has 0 radical (unpaired) electrons. The van der Waals surface area contributed by atoms with Crippen molar-refractivity contribution in [1.82, 2.24) is 4.57 Å². The molecule has 3 rings (SSSR count). The highest BCUT2D eigenvalue weighted by Crippen LogP contribution is 2.35. The molecule has 0 aliphatic heterocycles. The van der Waals surface area contributed by atoms with Crippen LogP contribution in [0.1, 0.15) is 32.8 Å². The van der Waals surface area contributed by atoms with Gasteiger partial charge in [-0.3, -0.25) is 4.79 Å². The molecule has 1 heterocycles. The quantitative estimate of drug-likeness (QED) is 0.706. The summed E-state index contributed by atoms with van der Waals surface area (Å²) in [6.45, 7) is 5.79. The van der Waals surface area contributed by atoms with Crippen molar-refractivity contribution in [2.75, 3.05) is 5.32 Å². The second-order valence-corrected chi connectivity index (χ2v) is 6.72. The number of nitriles is 1. The standard InChI is InChI=1S/C22H23N3O2/c1-5-21(26)24-16-8-6-15(7-9-16)22-19(13-23)18-11-10-17(27-14(2)3)12-20(18)25(22)4/h6-12,14H,5H2,1-4H3,(H,24,26). The van der Waals surface area contributed by atoms with E-state index in [0.29, 0.717) is 12.0 Å². The zero-order chi connectivity index (χ0) is 19.6. The Kier molecular flexibility index (Phi) is 5.18. The summed E-state index contributed by atoms with van der Waals surface area (Å²) in [5.41, 5.74) is 4.10. The number of aryl methyl sites for hydroxylation is 1. The lowest BCUT2D eigenvalue weighted by molar-refractivity contribution is -0.115. The van der Waals surface area contributed by atoms with Crippen LogP contribution in [0.15, 0.2) is 42.5 Å². The Morgan fingerprint density at radius 1 is 1.22 bits per heavy atom. The maximum Gasteiger partial charge on any atom is 0.224 e. The molecule has 3 aromatic rings. The van der Waals surface area contributed by atoms with E-state index in [9.17, 15) is 10.1 Å². The number of hydrogen-bond acceptors (Lipinski definition) is 3. The van der Waals surface area contributed by atoms with Crippen molar-refractivity contribution in [1.29, 1.82) is 5.26 Å². The lowest BCUT2D eigenvalue weighted by Crippen LogP contribution is -2.09. The molecule has 1 N–H and O–H groups in total. The van der Waals surface area contributed by atoms with E-state index in [2.05, 4.69) is 11.4 Å². The van der Waals surface area contributed by atoms with E-state index < -0.39 is 0 Å². The number of carbonyl (C=O) groups excluding carboxylic acids is 1. The van der Waals surface area contributed by atoms with Crippen LogP contribution in [0, 0.1) is 11.3 Å². The van der Waals surface area contributed by atoms with Crippen molar-refractivity contribution in [2.24, 2.45) is 7.05 Å². The van der Waals surface area contributed by atoms with Crippen LogP contribution >= 0.6 is 0 Å². The van der Waals surface area contributed by atoms with Crippen LogP contribution in [-0.2, 0) is 11.8 Å². The average molecular weight is 361 g/mol. The summed E-state index contributed by atoms with van der Waals surface area (Å²) >= 11 is 0. The van der Waals surface area contributed by atoms with Crippen LogP contribution in [0.4, 0.5) is 5.69 Å². The Labute approximate surface area is 159 Å². The minimum atomic E-state index is -0.0252. The zero-order valence-electron chi connectivity index (χ0n) is 16.0. The van der Waals surface area contributed by atoms with Crippen LogP contribution in [0.25, 0.3) is 22.2 Å². The molecule has 0 saturated carbocycles. The highest BCUT2D eigenvalue weighted by molar-refractivity contribution is 5.95. The Morgan fingerprint density at radius 3 is 2.52 bits per heavy atom. The molecular weight excluding hydrogens is 338 g/mol. The number of nitrogens with zero attached hydrogens (tertiary/aromatic N) is 2. The molecule has 1 amide bonds. The van der Waals surface area contributed by atoms with Gasteiger partial charge in [0.05, 0.1) is 22.9 Å². The third-order valence-electron chi connectivity index (χ3n) is 4.42. The summed E-state index contributed by atoms with van der Waals surface area (Å²) in [5.74, 6) is 0.759. The molecule has 0 unspecified atom stereocenters. The molecule has 0 aliphatic rings. The van der Waals surface area contributed by atoms with Gasteiger partial charge in [0.15, 0.2) is 0 Å². The summed E-state index contributed by atoms with van der Waals surface area (Å²) in [5, 5.41) is 13.5. The molecule has 5 heteroatoms. The summed E-state index contributed by atoms with van der Waals surface area (Å²) in [7, 11) is 1.95. The second kappa shape index (κ2) is 7.55. The normalized spacial score (nSPS) is 10.8. The highest BCUT2D eigenvalue weighted by atomic mass is 16.5. The van der Waals surface area contributed by atoms with Crippen molar-refractivity contribution in [3.05, 3.63) is 48.0 Å². The number of benzene rings is 2. The Balaban J connectivity index is 2.07. The molecule has 27 heavy (non-hydrogen) atoms. The molecule has 138 valence electrons. The molecule has 0 bridgehead atoms. The lowest BCUT2D eigenvalue weighted by atomic mass is 10.1. The number of hydrogen-bond donors (Lipinski definition) is 1. The molecule has 5 nitrogen and oxygen atoms in total. The third-order valence-corrected chi connectivity index (χ3v) is 4.42. The van der Waals surface area contributed by atoms with Gasteiger partial charge in [-0.2, -0.15) is 5.26 Å². The SMILES string of the molecule is CCC(=O)Nc1ccc(-c2c(C#N)c3ccc(OC(C)C)cc3n2C)cc1. The first-order valence-electron chi connectivity index (χ1n) is 9.04. The third kappa shape index (κ3) is 3.65. The number of aromatic nitrogens is 1. The number of rotatable bonds is 5. The molecule has 0 fully saturated rings. The molecule has 2 aromatic carbocycles. The van der Waals surface area contributed by atoms with Gasteiger partial charge in [-0.25, -0.2) is 0 Å². The van der Waals surface area contributed by atoms with E-state index in [1.54, 1.807) is 0 Å². The number of anilines is 1. The highest BCUT2D eigenvalue weighted by Gasteiger charge is 2.17.